The van der Waals surface area contributed by atoms with E-state index in [1.54, 1.807) is 0 Å². The Morgan fingerprint density at radius 2 is 2.00 bits per heavy atom. The molecule has 10 heteroatoms. The van der Waals surface area contributed by atoms with Crippen molar-refractivity contribution >= 4 is 23.4 Å². The molecule has 1 saturated carbocycles. The lowest BCUT2D eigenvalue weighted by Crippen LogP contribution is -2.36. The van der Waals surface area contributed by atoms with Gasteiger partial charge in [-0.15, -0.1) is 10.2 Å². The lowest BCUT2D eigenvalue weighted by molar-refractivity contribution is 0.102. The van der Waals surface area contributed by atoms with E-state index in [2.05, 4.69) is 22.1 Å². The topological polar surface area (TPSA) is 137 Å². The molecule has 0 bridgehead atoms. The Morgan fingerprint density at radius 3 is 2.66 bits per heavy atom. The van der Waals surface area contributed by atoms with Gasteiger partial charge < -0.3 is 10.2 Å². The molecule has 3 aromatic rings. The monoisotopic (exact) mass is 413 g/mol. The van der Waals surface area contributed by atoms with Crippen molar-refractivity contribution in [3.63, 3.8) is 0 Å². The van der Waals surface area contributed by atoms with E-state index in [-0.39, 0.29) is 28.4 Å². The van der Waals surface area contributed by atoms with Crippen LogP contribution in [-0.4, -0.2) is 31.3 Å². The van der Waals surface area contributed by atoms with Gasteiger partial charge in [0.15, 0.2) is 5.78 Å². The van der Waals surface area contributed by atoms with E-state index in [1.165, 1.54) is 10.1 Å². The smallest absolute Gasteiger partial charge is 0.330 e. The summed E-state index contributed by atoms with van der Waals surface area (Å²) in [7, 11) is 0. The number of carbonyl (C=O) groups excluding carboxylic acids is 1. The van der Waals surface area contributed by atoms with Crippen LogP contribution in [0.25, 0.3) is 11.5 Å². The first kappa shape index (κ1) is 19.2. The molecule has 0 aliphatic heterocycles. The minimum Gasteiger partial charge on any atom is -0.411 e. The number of nitrogen functional groups attached to an aromatic ring is 1. The van der Waals surface area contributed by atoms with Crippen LogP contribution in [0.5, 0.6) is 0 Å². The first-order valence-corrected chi connectivity index (χ1v) is 10.2. The summed E-state index contributed by atoms with van der Waals surface area (Å²) in [5.41, 5.74) is 6.36. The fourth-order valence-electron chi connectivity index (χ4n) is 3.00. The number of benzene rings is 1. The normalized spacial score (nSPS) is 13.6. The number of Topliss-reactive ketones (excluding diaryl/α,β-unsaturated/α-hetero) is 1. The molecule has 0 amide bonds. The number of aromatic amines is 1. The van der Waals surface area contributed by atoms with Crippen molar-refractivity contribution in [2.75, 3.05) is 11.5 Å². The second-order valence-electron chi connectivity index (χ2n) is 6.76. The number of aromatic nitrogens is 4. The van der Waals surface area contributed by atoms with Crippen LogP contribution in [0.1, 0.15) is 41.7 Å². The lowest BCUT2D eigenvalue weighted by atomic mass is 10.1. The molecule has 150 valence electrons. The second kappa shape index (κ2) is 7.70. The van der Waals surface area contributed by atoms with Gasteiger partial charge in [-0.25, -0.2) is 4.79 Å². The average Bonchev–Trinajstić information content (AvgIpc) is 3.42. The molecule has 29 heavy (non-hydrogen) atoms. The summed E-state index contributed by atoms with van der Waals surface area (Å²) in [6.07, 6.45) is 2.52. The first-order chi connectivity index (χ1) is 14.0. The van der Waals surface area contributed by atoms with Gasteiger partial charge in [0.1, 0.15) is 11.4 Å². The van der Waals surface area contributed by atoms with Gasteiger partial charge in [0, 0.05) is 11.6 Å². The van der Waals surface area contributed by atoms with E-state index in [0.29, 0.717) is 5.89 Å². The fourth-order valence-corrected chi connectivity index (χ4v) is 3.63. The van der Waals surface area contributed by atoms with E-state index in [4.69, 9.17) is 10.2 Å². The Bertz CT molecular complexity index is 1170. The van der Waals surface area contributed by atoms with Crippen LogP contribution in [0.15, 0.2) is 43.5 Å². The van der Waals surface area contributed by atoms with Crippen LogP contribution in [0.3, 0.4) is 0 Å². The van der Waals surface area contributed by atoms with Crippen LogP contribution in [0.2, 0.25) is 0 Å². The Balaban J connectivity index is 1.49. The van der Waals surface area contributed by atoms with Crippen LogP contribution in [-0.2, 0) is 6.42 Å². The van der Waals surface area contributed by atoms with Crippen LogP contribution in [0.4, 0.5) is 5.82 Å². The zero-order valence-corrected chi connectivity index (χ0v) is 16.5. The van der Waals surface area contributed by atoms with Crippen molar-refractivity contribution in [3.05, 3.63) is 56.2 Å². The summed E-state index contributed by atoms with van der Waals surface area (Å²) >= 11 is 1.01. The summed E-state index contributed by atoms with van der Waals surface area (Å²) in [5, 5.41) is 8.14. The number of aryl methyl sites for hydroxylation is 1. The molecule has 2 aromatic heterocycles. The Labute approximate surface area is 169 Å². The molecular formula is C19H19N5O4S. The number of nitrogens with two attached hydrogens (primary N) is 1. The largest absolute Gasteiger partial charge is 0.411 e. The van der Waals surface area contributed by atoms with Crippen molar-refractivity contribution in [1.29, 1.82) is 0 Å². The lowest BCUT2D eigenvalue weighted by Gasteiger charge is -2.10. The molecule has 0 atom stereocenters. The van der Waals surface area contributed by atoms with Gasteiger partial charge in [-0.1, -0.05) is 30.8 Å². The van der Waals surface area contributed by atoms with Crippen molar-refractivity contribution < 1.29 is 9.21 Å². The van der Waals surface area contributed by atoms with Gasteiger partial charge in [0.25, 0.3) is 10.8 Å². The minimum absolute atomic E-state index is 0.0591. The molecule has 4 rings (SSSR count). The molecule has 1 fully saturated rings. The van der Waals surface area contributed by atoms with Gasteiger partial charge in [-0.05, 0) is 37.0 Å². The number of nitrogens with zero attached hydrogens (tertiary/aromatic N) is 3. The molecule has 9 nitrogen and oxygen atoms in total. The molecule has 0 saturated heterocycles. The number of rotatable bonds is 7. The highest BCUT2D eigenvalue weighted by Crippen LogP contribution is 2.35. The highest BCUT2D eigenvalue weighted by molar-refractivity contribution is 7.99. The van der Waals surface area contributed by atoms with Gasteiger partial charge in [0.2, 0.25) is 5.89 Å². The van der Waals surface area contributed by atoms with E-state index in [1.807, 2.05) is 24.3 Å². The van der Waals surface area contributed by atoms with Gasteiger partial charge in [-0.2, -0.15) is 0 Å². The fraction of sp³-hybridized carbons (Fsp3) is 0.316. The van der Waals surface area contributed by atoms with E-state index in [9.17, 15) is 14.4 Å². The molecule has 0 radical (unpaired) electrons. The standard InChI is InChI=1S/C19H19N5O4S/c1-2-10-3-5-11(6-4-10)17-22-23-19(28-17)29-9-13(25)14-15(20)24(12-7-8-12)18(27)21-16(14)26/h3-6,12H,2,7-9,20H2,1H3,(H,21,26,27). The molecule has 1 aliphatic carbocycles. The quantitative estimate of drug-likeness (QED) is 0.443. The third-order valence-electron chi connectivity index (χ3n) is 4.72. The number of carbonyl (C=O) groups is 1. The van der Waals surface area contributed by atoms with Crippen LogP contribution in [0, 0.1) is 0 Å². The number of anilines is 1. The van der Waals surface area contributed by atoms with Crippen molar-refractivity contribution in [2.45, 2.75) is 37.5 Å². The molecule has 1 aliphatic rings. The predicted molar refractivity (Wildman–Crippen MR) is 108 cm³/mol. The SMILES string of the molecule is CCc1ccc(-c2nnc(SCC(=O)c3c(N)n(C4CC4)c(=O)[nH]c3=O)o2)cc1. The van der Waals surface area contributed by atoms with Crippen molar-refractivity contribution in [2.24, 2.45) is 0 Å². The third kappa shape index (κ3) is 3.88. The number of hydrogen-bond donors (Lipinski definition) is 2. The highest BCUT2D eigenvalue weighted by atomic mass is 32.2. The maximum atomic E-state index is 12.6. The van der Waals surface area contributed by atoms with E-state index < -0.39 is 17.0 Å². The molecular weight excluding hydrogens is 394 g/mol. The molecule has 0 spiro atoms. The summed E-state index contributed by atoms with van der Waals surface area (Å²) in [4.78, 5) is 38.8. The summed E-state index contributed by atoms with van der Waals surface area (Å²) in [6.45, 7) is 2.07. The number of hydrogen-bond acceptors (Lipinski definition) is 8. The number of ketones is 1. The number of nitrogens with one attached hydrogen (secondary N) is 1. The molecule has 2 heterocycles. The number of thioether (sulfide) groups is 1. The highest BCUT2D eigenvalue weighted by Gasteiger charge is 2.30. The van der Waals surface area contributed by atoms with E-state index >= 15 is 0 Å². The van der Waals surface area contributed by atoms with E-state index in [0.717, 1.165) is 36.6 Å². The molecule has 0 unspecified atom stereocenters. The van der Waals surface area contributed by atoms with Gasteiger partial charge in [0.05, 0.1) is 5.75 Å². The first-order valence-electron chi connectivity index (χ1n) is 9.21. The minimum atomic E-state index is -0.780. The number of H-pyrrole nitrogens is 1. The third-order valence-corrected chi connectivity index (χ3v) is 5.53. The van der Waals surface area contributed by atoms with Crippen molar-refractivity contribution in [1.82, 2.24) is 19.7 Å². The summed E-state index contributed by atoms with van der Waals surface area (Å²) < 4.78 is 6.88. The average molecular weight is 413 g/mol. The summed E-state index contributed by atoms with van der Waals surface area (Å²) in [5.74, 6) is -0.362. The maximum absolute atomic E-state index is 12.6. The molecule has 3 N–H and O–H groups in total. The molecule has 1 aromatic carbocycles. The predicted octanol–water partition coefficient (Wildman–Crippen LogP) is 2.04. The maximum Gasteiger partial charge on any atom is 0.330 e. The Kier molecular flexibility index (Phi) is 5.10. The van der Waals surface area contributed by atoms with Crippen LogP contribution >= 0.6 is 11.8 Å². The Morgan fingerprint density at radius 1 is 1.28 bits per heavy atom. The summed E-state index contributed by atoms with van der Waals surface area (Å²) in [6, 6.07) is 7.70. The van der Waals surface area contributed by atoms with Gasteiger partial charge >= 0.3 is 5.69 Å². The second-order valence-corrected chi connectivity index (χ2v) is 7.68. The zero-order chi connectivity index (χ0) is 20.5. The van der Waals surface area contributed by atoms with Crippen molar-refractivity contribution in [3.8, 4) is 11.5 Å². The zero-order valence-electron chi connectivity index (χ0n) is 15.7. The van der Waals surface area contributed by atoms with Crippen LogP contribution < -0.4 is 17.0 Å². The van der Waals surface area contributed by atoms with Gasteiger partial charge in [-0.3, -0.25) is 19.1 Å². The Hall–Kier alpha value is -3.14.